The van der Waals surface area contributed by atoms with Crippen LogP contribution in [0.15, 0.2) is 35.2 Å². The number of nitrogens with one attached hydrogen (secondary N) is 1. The van der Waals surface area contributed by atoms with Gasteiger partial charge in [-0.05, 0) is 43.4 Å². The zero-order chi connectivity index (χ0) is 20.3. The summed E-state index contributed by atoms with van der Waals surface area (Å²) in [4.78, 5) is 17.4. The highest BCUT2D eigenvalue weighted by atomic mass is 35.5. The maximum atomic E-state index is 13.0. The molecule has 0 aliphatic carbocycles. The minimum atomic E-state index is -3.30. The highest BCUT2D eigenvalue weighted by Gasteiger charge is 2.20. The van der Waals surface area contributed by atoms with Gasteiger partial charge < -0.3 is 4.74 Å². The number of sulfone groups is 1. The molecule has 1 aliphatic rings. The topological polar surface area (TPSA) is 85.4 Å². The second kappa shape index (κ2) is 8.73. The van der Waals surface area contributed by atoms with Crippen molar-refractivity contribution >= 4 is 49.4 Å². The standard InChI is InChI=1S/C19H21ClN2O4S2/c1-12-17(20)27-19(21-12)22-18(23)16(11-13-7-9-26-10-8-13)14-3-5-15(6-4-14)28(2,24)25/h3-6,11,13H,7-10H2,1-2H3,(H,21,22,23)/b16-11+. The van der Waals surface area contributed by atoms with Crippen molar-refractivity contribution in [3.8, 4) is 0 Å². The highest BCUT2D eigenvalue weighted by molar-refractivity contribution is 7.90. The fraction of sp³-hybridized carbons (Fsp3) is 0.368. The first kappa shape index (κ1) is 21.0. The third-order valence-corrected chi connectivity index (χ3v) is 6.96. The Kier molecular flexibility index (Phi) is 6.54. The van der Waals surface area contributed by atoms with Gasteiger partial charge in [-0.1, -0.05) is 41.1 Å². The van der Waals surface area contributed by atoms with Crippen LogP contribution < -0.4 is 5.32 Å². The number of hydrogen-bond acceptors (Lipinski definition) is 6. The van der Waals surface area contributed by atoms with Crippen molar-refractivity contribution in [1.82, 2.24) is 4.98 Å². The van der Waals surface area contributed by atoms with Crippen molar-refractivity contribution in [3.05, 3.63) is 45.9 Å². The number of carbonyl (C=O) groups excluding carboxylic acids is 1. The highest BCUT2D eigenvalue weighted by Crippen LogP contribution is 2.29. The van der Waals surface area contributed by atoms with Gasteiger partial charge in [-0.2, -0.15) is 0 Å². The molecule has 28 heavy (non-hydrogen) atoms. The molecule has 0 unspecified atom stereocenters. The Labute approximate surface area is 173 Å². The van der Waals surface area contributed by atoms with Gasteiger partial charge >= 0.3 is 0 Å². The Hall–Kier alpha value is -1.74. The molecule has 2 heterocycles. The first-order chi connectivity index (χ1) is 13.2. The van der Waals surface area contributed by atoms with E-state index in [2.05, 4.69) is 10.3 Å². The summed E-state index contributed by atoms with van der Waals surface area (Å²) in [7, 11) is -3.30. The second-order valence-corrected chi connectivity index (χ2v) is 10.3. The van der Waals surface area contributed by atoms with E-state index in [4.69, 9.17) is 16.3 Å². The van der Waals surface area contributed by atoms with Crippen LogP contribution in [0.25, 0.3) is 5.57 Å². The number of rotatable bonds is 5. The number of anilines is 1. The van der Waals surface area contributed by atoms with Crippen molar-refractivity contribution in [2.75, 3.05) is 24.8 Å². The Morgan fingerprint density at radius 2 is 1.93 bits per heavy atom. The Morgan fingerprint density at radius 1 is 1.29 bits per heavy atom. The number of ether oxygens (including phenoxy) is 1. The van der Waals surface area contributed by atoms with Gasteiger partial charge in [0.1, 0.15) is 4.34 Å². The predicted molar refractivity (Wildman–Crippen MR) is 112 cm³/mol. The molecule has 1 fully saturated rings. The summed E-state index contributed by atoms with van der Waals surface area (Å²) in [5.74, 6) is -0.0882. The number of aryl methyl sites for hydroxylation is 1. The first-order valence-corrected chi connectivity index (χ1v) is 11.9. The lowest BCUT2D eigenvalue weighted by Gasteiger charge is -2.20. The summed E-state index contributed by atoms with van der Waals surface area (Å²) >= 11 is 7.25. The summed E-state index contributed by atoms with van der Waals surface area (Å²) in [5.41, 5.74) is 1.79. The molecule has 6 nitrogen and oxygen atoms in total. The van der Waals surface area contributed by atoms with E-state index in [1.54, 1.807) is 19.1 Å². The average molecular weight is 441 g/mol. The van der Waals surface area contributed by atoms with Crippen LogP contribution in [-0.4, -0.2) is 38.8 Å². The van der Waals surface area contributed by atoms with E-state index in [1.165, 1.54) is 23.5 Å². The molecule has 1 aromatic carbocycles. The average Bonchev–Trinajstić information content (AvgIpc) is 2.97. The van der Waals surface area contributed by atoms with Crippen molar-refractivity contribution < 1.29 is 17.9 Å². The van der Waals surface area contributed by atoms with Crippen LogP contribution >= 0.6 is 22.9 Å². The molecule has 1 N–H and O–H groups in total. The minimum Gasteiger partial charge on any atom is -0.381 e. The molecule has 3 rings (SSSR count). The third-order valence-electron chi connectivity index (χ3n) is 4.47. The van der Waals surface area contributed by atoms with Crippen molar-refractivity contribution in [1.29, 1.82) is 0 Å². The molecule has 1 saturated heterocycles. The molecule has 1 amide bonds. The van der Waals surface area contributed by atoms with E-state index in [-0.39, 0.29) is 16.7 Å². The van der Waals surface area contributed by atoms with Crippen LogP contribution in [0.1, 0.15) is 24.1 Å². The van der Waals surface area contributed by atoms with Gasteiger partial charge in [0.2, 0.25) is 0 Å². The summed E-state index contributed by atoms with van der Waals surface area (Å²) in [6.45, 7) is 3.09. The number of nitrogens with zero attached hydrogens (tertiary/aromatic N) is 1. The van der Waals surface area contributed by atoms with Crippen LogP contribution in [0.5, 0.6) is 0 Å². The molecular weight excluding hydrogens is 420 g/mol. The number of hydrogen-bond donors (Lipinski definition) is 1. The Balaban J connectivity index is 1.92. The van der Waals surface area contributed by atoms with Gasteiger partial charge in [-0.15, -0.1) is 0 Å². The van der Waals surface area contributed by atoms with E-state index in [0.717, 1.165) is 19.1 Å². The number of aromatic nitrogens is 1. The van der Waals surface area contributed by atoms with Crippen LogP contribution in [0, 0.1) is 12.8 Å². The van der Waals surface area contributed by atoms with E-state index in [1.807, 2.05) is 6.08 Å². The number of halogens is 1. The fourth-order valence-corrected chi connectivity index (χ4v) is 4.48. The maximum absolute atomic E-state index is 13.0. The normalized spacial score (nSPS) is 16.2. The molecule has 0 atom stereocenters. The van der Waals surface area contributed by atoms with Gasteiger partial charge in [-0.3, -0.25) is 10.1 Å². The van der Waals surface area contributed by atoms with E-state index in [0.29, 0.717) is 39.5 Å². The largest absolute Gasteiger partial charge is 0.381 e. The Bertz CT molecular complexity index is 972. The van der Waals surface area contributed by atoms with Crippen LogP contribution in [0.4, 0.5) is 5.13 Å². The second-order valence-electron chi connectivity index (χ2n) is 6.66. The lowest BCUT2D eigenvalue weighted by atomic mass is 9.94. The van der Waals surface area contributed by atoms with E-state index < -0.39 is 9.84 Å². The smallest absolute Gasteiger partial charge is 0.257 e. The lowest BCUT2D eigenvalue weighted by molar-refractivity contribution is -0.111. The van der Waals surface area contributed by atoms with Gasteiger partial charge in [0.05, 0.1) is 10.6 Å². The van der Waals surface area contributed by atoms with Gasteiger partial charge in [0, 0.05) is 25.0 Å². The molecule has 0 saturated carbocycles. The molecule has 0 bridgehead atoms. The number of benzene rings is 1. The monoisotopic (exact) mass is 440 g/mol. The molecule has 9 heteroatoms. The molecule has 1 aromatic heterocycles. The summed E-state index contributed by atoms with van der Waals surface area (Å²) < 4.78 is 29.3. The molecule has 2 aromatic rings. The van der Waals surface area contributed by atoms with Gasteiger partial charge in [0.15, 0.2) is 15.0 Å². The number of allylic oxidation sites excluding steroid dienone is 1. The van der Waals surface area contributed by atoms with Gasteiger partial charge in [0.25, 0.3) is 5.91 Å². The summed E-state index contributed by atoms with van der Waals surface area (Å²) in [6, 6.07) is 6.34. The first-order valence-electron chi connectivity index (χ1n) is 8.78. The van der Waals surface area contributed by atoms with Crippen molar-refractivity contribution in [2.45, 2.75) is 24.7 Å². The number of amides is 1. The molecule has 0 spiro atoms. The van der Waals surface area contributed by atoms with Gasteiger partial charge in [-0.25, -0.2) is 13.4 Å². The molecule has 1 aliphatic heterocycles. The zero-order valence-corrected chi connectivity index (χ0v) is 18.0. The van der Waals surface area contributed by atoms with Crippen LogP contribution in [0.2, 0.25) is 4.34 Å². The summed E-state index contributed by atoms with van der Waals surface area (Å²) in [6.07, 6.45) is 4.76. The molecular formula is C19H21ClN2O4S2. The number of carbonyl (C=O) groups is 1. The maximum Gasteiger partial charge on any atom is 0.257 e. The minimum absolute atomic E-state index is 0.212. The van der Waals surface area contributed by atoms with Crippen molar-refractivity contribution in [3.63, 3.8) is 0 Å². The quantitative estimate of drug-likeness (QED) is 0.711. The van der Waals surface area contributed by atoms with E-state index in [9.17, 15) is 13.2 Å². The number of thiazole rings is 1. The molecule has 150 valence electrons. The fourth-order valence-electron chi connectivity index (χ4n) is 2.90. The van der Waals surface area contributed by atoms with Crippen LogP contribution in [0.3, 0.4) is 0 Å². The third kappa shape index (κ3) is 5.20. The van der Waals surface area contributed by atoms with E-state index >= 15 is 0 Å². The lowest BCUT2D eigenvalue weighted by Crippen LogP contribution is -2.18. The predicted octanol–water partition coefficient (Wildman–Crippen LogP) is 3.96. The SMILES string of the molecule is Cc1nc(NC(=O)/C(=C/C2CCOCC2)c2ccc(S(C)(=O)=O)cc2)sc1Cl. The zero-order valence-electron chi connectivity index (χ0n) is 15.6. The molecule has 0 radical (unpaired) electrons. The summed E-state index contributed by atoms with van der Waals surface area (Å²) in [5, 5.41) is 3.23. The van der Waals surface area contributed by atoms with Crippen LogP contribution in [-0.2, 0) is 19.4 Å². The van der Waals surface area contributed by atoms with Crippen molar-refractivity contribution in [2.24, 2.45) is 5.92 Å². The Morgan fingerprint density at radius 3 is 2.46 bits per heavy atom.